The zero-order valence-electron chi connectivity index (χ0n) is 7.19. The number of hydrogen-bond donors (Lipinski definition) is 2. The molecule has 2 unspecified atom stereocenters. The van der Waals surface area contributed by atoms with E-state index in [9.17, 15) is 0 Å². The molecule has 1 heterocycles. The smallest absolute Gasteiger partial charge is 0.0476 e. The van der Waals surface area contributed by atoms with Crippen LogP contribution >= 0.6 is 23.2 Å². The number of nitrogens with two attached hydrogens (primary N) is 1. The third-order valence-corrected chi connectivity index (χ3v) is 3.62. The molecule has 1 aliphatic carbocycles. The van der Waals surface area contributed by atoms with Crippen LogP contribution in [-0.2, 0) is 0 Å². The number of fused-ring (bicyclic) bond motifs is 1. The largest absolute Gasteiger partial charge is 0.398 e. The highest BCUT2D eigenvalue weighted by molar-refractivity contribution is 6.33. The number of rotatable bonds is 0. The van der Waals surface area contributed by atoms with E-state index < -0.39 is 0 Å². The Balaban J connectivity index is 2.31. The average Bonchev–Trinajstić information content (AvgIpc) is 2.15. The van der Waals surface area contributed by atoms with Crippen LogP contribution < -0.4 is 11.1 Å². The first-order chi connectivity index (χ1) is 6.20. The van der Waals surface area contributed by atoms with Gasteiger partial charge in [0, 0.05) is 34.1 Å². The molecular formula is C9H12Cl2N2. The zero-order chi connectivity index (χ0) is 9.42. The minimum Gasteiger partial charge on any atom is -0.398 e. The summed E-state index contributed by atoms with van der Waals surface area (Å²) in [6.07, 6.45) is 2.83. The molecule has 2 nitrogen and oxygen atoms in total. The topological polar surface area (TPSA) is 38.0 Å². The zero-order valence-corrected chi connectivity index (χ0v) is 8.70. The van der Waals surface area contributed by atoms with Crippen LogP contribution in [0.15, 0.2) is 21.8 Å². The van der Waals surface area contributed by atoms with Gasteiger partial charge in [0.1, 0.15) is 0 Å². The van der Waals surface area contributed by atoms with Crippen molar-refractivity contribution in [1.82, 2.24) is 5.32 Å². The van der Waals surface area contributed by atoms with Gasteiger partial charge in [0.05, 0.1) is 0 Å². The van der Waals surface area contributed by atoms with Crippen molar-refractivity contribution < 1.29 is 0 Å². The molecule has 0 spiro atoms. The Morgan fingerprint density at radius 3 is 2.92 bits per heavy atom. The van der Waals surface area contributed by atoms with Crippen LogP contribution in [0.4, 0.5) is 0 Å². The number of nitrogens with one attached hydrogen (secondary N) is 1. The number of hydrogen-bond acceptors (Lipinski definition) is 2. The van der Waals surface area contributed by atoms with E-state index in [1.807, 2.05) is 0 Å². The summed E-state index contributed by atoms with van der Waals surface area (Å²) in [7, 11) is 0. The first-order valence-electron chi connectivity index (χ1n) is 4.43. The van der Waals surface area contributed by atoms with Crippen LogP contribution in [0.25, 0.3) is 0 Å². The molecule has 0 bridgehead atoms. The summed E-state index contributed by atoms with van der Waals surface area (Å²) in [5.41, 5.74) is 6.36. The highest BCUT2D eigenvalue weighted by Crippen LogP contribution is 2.40. The van der Waals surface area contributed by atoms with E-state index in [4.69, 9.17) is 28.9 Å². The van der Waals surface area contributed by atoms with Crippen molar-refractivity contribution in [2.45, 2.75) is 6.42 Å². The fourth-order valence-corrected chi connectivity index (χ4v) is 2.66. The van der Waals surface area contributed by atoms with Gasteiger partial charge in [-0.3, -0.25) is 0 Å². The van der Waals surface area contributed by atoms with E-state index in [0.717, 1.165) is 29.6 Å². The van der Waals surface area contributed by atoms with Crippen LogP contribution in [0.3, 0.4) is 0 Å². The first-order valence-corrected chi connectivity index (χ1v) is 5.18. The fourth-order valence-electron chi connectivity index (χ4n) is 1.99. The van der Waals surface area contributed by atoms with Crippen LogP contribution in [0, 0.1) is 11.8 Å². The highest BCUT2D eigenvalue weighted by Gasteiger charge is 2.33. The summed E-state index contributed by atoms with van der Waals surface area (Å²) in [6.45, 7) is 1.89. The average molecular weight is 219 g/mol. The van der Waals surface area contributed by atoms with Gasteiger partial charge >= 0.3 is 0 Å². The number of piperidine rings is 1. The number of allylic oxidation sites excluding steroid dienone is 2. The van der Waals surface area contributed by atoms with Gasteiger partial charge < -0.3 is 11.1 Å². The molecule has 13 heavy (non-hydrogen) atoms. The van der Waals surface area contributed by atoms with E-state index in [1.54, 1.807) is 6.08 Å². The Morgan fingerprint density at radius 1 is 1.38 bits per heavy atom. The molecule has 0 aromatic carbocycles. The van der Waals surface area contributed by atoms with Gasteiger partial charge in [-0.25, -0.2) is 0 Å². The minimum atomic E-state index is 0.285. The van der Waals surface area contributed by atoms with E-state index in [1.165, 1.54) is 0 Å². The Labute approximate surface area is 87.8 Å². The van der Waals surface area contributed by atoms with E-state index in [-0.39, 0.29) is 5.92 Å². The maximum atomic E-state index is 6.12. The van der Waals surface area contributed by atoms with Gasteiger partial charge in [-0.1, -0.05) is 23.2 Å². The summed E-state index contributed by atoms with van der Waals surface area (Å²) in [4.78, 5) is 0. The molecule has 72 valence electrons. The van der Waals surface area contributed by atoms with Crippen molar-refractivity contribution in [2.24, 2.45) is 17.6 Å². The summed E-state index contributed by atoms with van der Waals surface area (Å²) in [5.74, 6) is 0.663. The maximum Gasteiger partial charge on any atom is 0.0476 e. The predicted molar refractivity (Wildman–Crippen MR) is 55.5 cm³/mol. The summed E-state index contributed by atoms with van der Waals surface area (Å²) < 4.78 is 0. The van der Waals surface area contributed by atoms with Gasteiger partial charge in [0.2, 0.25) is 0 Å². The van der Waals surface area contributed by atoms with Gasteiger partial charge in [0.25, 0.3) is 0 Å². The quantitative estimate of drug-likeness (QED) is 0.651. The van der Waals surface area contributed by atoms with Gasteiger partial charge in [-0.15, -0.1) is 0 Å². The molecule has 2 atom stereocenters. The second-order valence-electron chi connectivity index (χ2n) is 3.54. The molecule has 1 saturated heterocycles. The Kier molecular flexibility index (Phi) is 2.54. The summed E-state index contributed by atoms with van der Waals surface area (Å²) in [6, 6.07) is 0. The monoisotopic (exact) mass is 218 g/mol. The van der Waals surface area contributed by atoms with Crippen molar-refractivity contribution in [3.8, 4) is 0 Å². The summed E-state index contributed by atoms with van der Waals surface area (Å²) in [5, 5.41) is 4.92. The van der Waals surface area contributed by atoms with Crippen molar-refractivity contribution in [3.05, 3.63) is 21.8 Å². The molecule has 2 aliphatic rings. The second kappa shape index (κ2) is 3.52. The normalized spacial score (nSPS) is 34.2. The lowest BCUT2D eigenvalue weighted by Gasteiger charge is -2.34. The SMILES string of the molecule is NC1=C(Cl)C2CNCCC2C(Cl)=C1. The van der Waals surface area contributed by atoms with Crippen LogP contribution in [0.1, 0.15) is 6.42 Å². The Hall–Kier alpha value is -0.180. The van der Waals surface area contributed by atoms with E-state index in [0.29, 0.717) is 11.6 Å². The van der Waals surface area contributed by atoms with E-state index in [2.05, 4.69) is 5.32 Å². The third-order valence-electron chi connectivity index (χ3n) is 2.73. The molecule has 4 heteroatoms. The van der Waals surface area contributed by atoms with Gasteiger partial charge in [0.15, 0.2) is 0 Å². The molecule has 0 aromatic heterocycles. The maximum absolute atomic E-state index is 6.12. The number of halogens is 2. The molecular weight excluding hydrogens is 207 g/mol. The van der Waals surface area contributed by atoms with Crippen molar-refractivity contribution in [2.75, 3.05) is 13.1 Å². The van der Waals surface area contributed by atoms with Crippen molar-refractivity contribution in [3.63, 3.8) is 0 Å². The second-order valence-corrected chi connectivity index (χ2v) is 4.38. The van der Waals surface area contributed by atoms with Gasteiger partial charge in [-0.05, 0) is 19.0 Å². The molecule has 0 amide bonds. The van der Waals surface area contributed by atoms with Crippen molar-refractivity contribution in [1.29, 1.82) is 0 Å². The van der Waals surface area contributed by atoms with Gasteiger partial charge in [-0.2, -0.15) is 0 Å². The van der Waals surface area contributed by atoms with Crippen LogP contribution in [-0.4, -0.2) is 13.1 Å². The fraction of sp³-hybridized carbons (Fsp3) is 0.556. The Bertz CT molecular complexity index is 283. The standard InChI is InChI=1S/C9H12Cl2N2/c10-7-3-8(12)9(11)6-4-13-2-1-5(6)7/h3,5-6,13H,1-2,4,12H2. The molecule has 1 aliphatic heterocycles. The third kappa shape index (κ3) is 1.58. The molecule has 2 rings (SSSR count). The predicted octanol–water partition coefficient (Wildman–Crippen LogP) is 1.76. The minimum absolute atomic E-state index is 0.285. The highest BCUT2D eigenvalue weighted by atomic mass is 35.5. The molecule has 3 N–H and O–H groups in total. The van der Waals surface area contributed by atoms with E-state index >= 15 is 0 Å². The molecule has 0 aromatic rings. The Morgan fingerprint density at radius 2 is 2.15 bits per heavy atom. The van der Waals surface area contributed by atoms with Crippen molar-refractivity contribution >= 4 is 23.2 Å². The lowest BCUT2D eigenvalue weighted by molar-refractivity contribution is 0.341. The molecule has 1 fully saturated rings. The summed E-state index contributed by atoms with van der Waals surface area (Å²) >= 11 is 12.2. The molecule has 0 saturated carbocycles. The lowest BCUT2D eigenvalue weighted by Crippen LogP contribution is -2.39. The first kappa shape index (κ1) is 9.38. The molecule has 0 radical (unpaired) electrons. The van der Waals surface area contributed by atoms with Crippen LogP contribution in [0.2, 0.25) is 0 Å². The lowest BCUT2D eigenvalue weighted by atomic mass is 9.82. The van der Waals surface area contributed by atoms with Crippen LogP contribution in [0.5, 0.6) is 0 Å².